The Morgan fingerprint density at radius 2 is 0.846 bits per heavy atom. The molecule has 6 aromatic carbocycles. The van der Waals surface area contributed by atoms with E-state index in [0.29, 0.717) is 11.1 Å². The highest BCUT2D eigenvalue weighted by molar-refractivity contribution is 6.08. The van der Waals surface area contributed by atoms with Gasteiger partial charge in [-0.25, -0.2) is 0 Å². The van der Waals surface area contributed by atoms with Crippen molar-refractivity contribution in [3.8, 4) is 12.1 Å². The van der Waals surface area contributed by atoms with Gasteiger partial charge >= 0.3 is 0 Å². The quantitative estimate of drug-likeness (QED) is 0.101. The number of ether oxygens (including phenoxy) is 2. The standard InChI is InChI=1S/C44H38N4O4/c45-31-41(35-15-3-1-4-16-35)47(43(49)39-23-11-19-33-13-7-9-21-37(33)39)25-27-51-29-30-52-28-26-48(42(32-46)36-17-5-2-6-18-36)44(50)40-24-12-20-34-14-8-10-22-38(34)40/h1-24,41-42H,25-30H2/t41-,42+. The molecule has 0 aliphatic heterocycles. The highest BCUT2D eigenvalue weighted by atomic mass is 16.5. The van der Waals surface area contributed by atoms with Gasteiger partial charge in [0.25, 0.3) is 11.8 Å². The lowest BCUT2D eigenvalue weighted by atomic mass is 10.0. The first kappa shape index (κ1) is 35.5. The fraction of sp³-hybridized carbons (Fsp3) is 0.182. The maximum absolute atomic E-state index is 14.1. The summed E-state index contributed by atoms with van der Waals surface area (Å²) in [6.07, 6.45) is 0. The minimum Gasteiger partial charge on any atom is -0.377 e. The zero-order chi connectivity index (χ0) is 36.1. The average Bonchev–Trinajstić information content (AvgIpc) is 3.20. The molecule has 0 aliphatic rings. The Balaban J connectivity index is 1.09. The molecule has 0 unspecified atom stereocenters. The van der Waals surface area contributed by atoms with Crippen LogP contribution in [-0.4, -0.2) is 61.1 Å². The molecule has 52 heavy (non-hydrogen) atoms. The van der Waals surface area contributed by atoms with Crippen LogP contribution in [0.25, 0.3) is 21.5 Å². The number of hydrogen-bond donors (Lipinski definition) is 0. The molecule has 2 amide bonds. The molecule has 0 saturated heterocycles. The van der Waals surface area contributed by atoms with Gasteiger partial charge in [0.1, 0.15) is 12.1 Å². The second kappa shape index (κ2) is 17.6. The van der Waals surface area contributed by atoms with Crippen LogP contribution < -0.4 is 0 Å². The largest absolute Gasteiger partial charge is 0.377 e. The van der Waals surface area contributed by atoms with Crippen molar-refractivity contribution in [2.24, 2.45) is 0 Å². The molecule has 0 spiro atoms. The molecular weight excluding hydrogens is 649 g/mol. The van der Waals surface area contributed by atoms with Crippen molar-refractivity contribution in [2.45, 2.75) is 12.1 Å². The minimum atomic E-state index is -0.810. The Morgan fingerprint density at radius 3 is 1.25 bits per heavy atom. The van der Waals surface area contributed by atoms with Crippen LogP contribution in [0.15, 0.2) is 146 Å². The lowest BCUT2D eigenvalue weighted by Crippen LogP contribution is -2.37. The van der Waals surface area contributed by atoms with Gasteiger partial charge in [0.05, 0.1) is 38.6 Å². The Morgan fingerprint density at radius 1 is 0.481 bits per heavy atom. The molecule has 6 aromatic rings. The molecule has 0 N–H and O–H groups in total. The molecule has 0 aliphatic carbocycles. The Kier molecular flexibility index (Phi) is 12.0. The van der Waals surface area contributed by atoms with E-state index in [1.54, 1.807) is 21.9 Å². The van der Waals surface area contributed by atoms with Gasteiger partial charge in [-0.15, -0.1) is 0 Å². The van der Waals surface area contributed by atoms with Crippen LogP contribution in [0, 0.1) is 22.7 Å². The summed E-state index contributed by atoms with van der Waals surface area (Å²) in [5.41, 5.74) is 2.48. The number of fused-ring (bicyclic) bond motifs is 2. The molecule has 0 fully saturated rings. The van der Waals surface area contributed by atoms with Gasteiger partial charge in [-0.2, -0.15) is 10.5 Å². The van der Waals surface area contributed by atoms with Crippen LogP contribution in [0.1, 0.15) is 43.9 Å². The second-order valence-corrected chi connectivity index (χ2v) is 12.2. The molecule has 0 bridgehead atoms. The highest BCUT2D eigenvalue weighted by Gasteiger charge is 2.28. The average molecular weight is 687 g/mol. The first-order valence-corrected chi connectivity index (χ1v) is 17.2. The molecule has 6 rings (SSSR count). The van der Waals surface area contributed by atoms with E-state index in [2.05, 4.69) is 12.1 Å². The predicted molar refractivity (Wildman–Crippen MR) is 201 cm³/mol. The smallest absolute Gasteiger partial charge is 0.255 e. The van der Waals surface area contributed by atoms with Crippen LogP contribution in [-0.2, 0) is 9.47 Å². The van der Waals surface area contributed by atoms with E-state index in [1.807, 2.05) is 133 Å². The molecule has 2 atom stereocenters. The Bertz CT molecular complexity index is 2040. The van der Waals surface area contributed by atoms with Crippen molar-refractivity contribution < 1.29 is 19.1 Å². The topological polar surface area (TPSA) is 107 Å². The lowest BCUT2D eigenvalue weighted by Gasteiger charge is -2.28. The number of benzene rings is 6. The predicted octanol–water partition coefficient (Wildman–Crippen LogP) is 8.14. The van der Waals surface area contributed by atoms with Crippen molar-refractivity contribution in [1.29, 1.82) is 10.5 Å². The van der Waals surface area contributed by atoms with E-state index < -0.39 is 12.1 Å². The number of carbonyl (C=O) groups is 2. The third-order valence-electron chi connectivity index (χ3n) is 8.99. The van der Waals surface area contributed by atoms with E-state index in [-0.39, 0.29) is 51.3 Å². The monoisotopic (exact) mass is 686 g/mol. The zero-order valence-electron chi connectivity index (χ0n) is 28.7. The van der Waals surface area contributed by atoms with Crippen LogP contribution in [0.3, 0.4) is 0 Å². The summed E-state index contributed by atoms with van der Waals surface area (Å²) < 4.78 is 11.8. The summed E-state index contributed by atoms with van der Waals surface area (Å²) in [6.45, 7) is 1.20. The molecule has 0 aromatic heterocycles. The molecule has 0 heterocycles. The van der Waals surface area contributed by atoms with Gasteiger partial charge in [-0.3, -0.25) is 9.59 Å². The summed E-state index contributed by atoms with van der Waals surface area (Å²) in [5, 5.41) is 24.0. The fourth-order valence-electron chi connectivity index (χ4n) is 6.40. The Labute approximate surface area is 303 Å². The maximum atomic E-state index is 14.1. The summed E-state index contributed by atoms with van der Waals surface area (Å²) in [7, 11) is 0. The van der Waals surface area contributed by atoms with Crippen molar-refractivity contribution >= 4 is 33.4 Å². The molecular formula is C44H38N4O4. The molecule has 0 radical (unpaired) electrons. The van der Waals surface area contributed by atoms with Crippen molar-refractivity contribution in [3.05, 3.63) is 168 Å². The molecule has 8 heteroatoms. The number of carbonyl (C=O) groups excluding carboxylic acids is 2. The third-order valence-corrected chi connectivity index (χ3v) is 8.99. The lowest BCUT2D eigenvalue weighted by molar-refractivity contribution is 0.0249. The maximum Gasteiger partial charge on any atom is 0.255 e. The van der Waals surface area contributed by atoms with Crippen LogP contribution in [0.5, 0.6) is 0 Å². The molecule has 8 nitrogen and oxygen atoms in total. The fourth-order valence-corrected chi connectivity index (χ4v) is 6.40. The minimum absolute atomic E-state index is 0.182. The highest BCUT2D eigenvalue weighted by Crippen LogP contribution is 2.27. The first-order valence-electron chi connectivity index (χ1n) is 17.2. The van der Waals surface area contributed by atoms with E-state index in [9.17, 15) is 20.1 Å². The van der Waals surface area contributed by atoms with E-state index in [4.69, 9.17) is 9.47 Å². The normalized spacial score (nSPS) is 12.0. The Hall–Kier alpha value is -6.32. The summed E-state index contributed by atoms with van der Waals surface area (Å²) >= 11 is 0. The third kappa shape index (κ3) is 8.17. The van der Waals surface area contributed by atoms with E-state index in [0.717, 1.165) is 32.7 Å². The second-order valence-electron chi connectivity index (χ2n) is 12.2. The van der Waals surface area contributed by atoms with Gasteiger partial charge in [0.15, 0.2) is 0 Å². The van der Waals surface area contributed by atoms with E-state index in [1.165, 1.54) is 0 Å². The van der Waals surface area contributed by atoms with E-state index >= 15 is 0 Å². The van der Waals surface area contributed by atoms with Crippen LogP contribution in [0.4, 0.5) is 0 Å². The van der Waals surface area contributed by atoms with Gasteiger partial charge in [0.2, 0.25) is 0 Å². The number of hydrogen-bond acceptors (Lipinski definition) is 6. The van der Waals surface area contributed by atoms with Crippen LogP contribution in [0.2, 0.25) is 0 Å². The molecule has 258 valence electrons. The number of amides is 2. The first-order chi connectivity index (χ1) is 25.6. The SMILES string of the molecule is N#C[C@H](c1ccccc1)N(CCOCCOCCN(C(=O)c1cccc2ccccc12)[C@@H](C#N)c1ccccc1)C(=O)c1cccc2ccccc12. The molecule has 0 saturated carbocycles. The van der Waals surface area contributed by atoms with Gasteiger partial charge in [-0.05, 0) is 44.8 Å². The number of rotatable bonds is 15. The van der Waals surface area contributed by atoms with Crippen molar-refractivity contribution in [3.63, 3.8) is 0 Å². The summed E-state index contributed by atoms with van der Waals surface area (Å²) in [5.74, 6) is -0.512. The van der Waals surface area contributed by atoms with Gasteiger partial charge < -0.3 is 19.3 Å². The van der Waals surface area contributed by atoms with Crippen molar-refractivity contribution in [2.75, 3.05) is 39.5 Å². The zero-order valence-corrected chi connectivity index (χ0v) is 28.7. The van der Waals surface area contributed by atoms with Gasteiger partial charge in [-0.1, -0.05) is 133 Å². The number of nitrogens with zero attached hydrogens (tertiary/aromatic N) is 4. The summed E-state index contributed by atoms with van der Waals surface area (Å²) in [6, 6.07) is 48.1. The number of nitriles is 2. The summed E-state index contributed by atoms with van der Waals surface area (Å²) in [4.78, 5) is 31.2. The van der Waals surface area contributed by atoms with Crippen LogP contribution >= 0.6 is 0 Å². The van der Waals surface area contributed by atoms with Gasteiger partial charge in [0, 0.05) is 24.2 Å². The van der Waals surface area contributed by atoms with Crippen molar-refractivity contribution in [1.82, 2.24) is 9.80 Å².